The van der Waals surface area contributed by atoms with Gasteiger partial charge in [-0.1, -0.05) is 39.7 Å². The standard InChI is InChI=1S/C13H10BrClF3N3/c1-7(8-3-2-4-9(14)5-8)19-11-6-10(15)20-12(21-11)13(16,17)18/h2-7H,1H3,(H,19,20,21). The smallest absolute Gasteiger partial charge is 0.363 e. The monoisotopic (exact) mass is 379 g/mol. The topological polar surface area (TPSA) is 37.8 Å². The third-order valence-corrected chi connectivity index (χ3v) is 3.35. The average molecular weight is 381 g/mol. The summed E-state index contributed by atoms with van der Waals surface area (Å²) in [5.41, 5.74) is 0.896. The number of hydrogen-bond donors (Lipinski definition) is 1. The van der Waals surface area contributed by atoms with Gasteiger partial charge in [-0.15, -0.1) is 0 Å². The minimum atomic E-state index is -4.64. The fourth-order valence-corrected chi connectivity index (χ4v) is 2.30. The fraction of sp³-hybridized carbons (Fsp3) is 0.231. The van der Waals surface area contributed by atoms with Gasteiger partial charge < -0.3 is 5.32 Å². The van der Waals surface area contributed by atoms with E-state index in [1.165, 1.54) is 6.07 Å². The molecule has 2 rings (SSSR count). The summed E-state index contributed by atoms with van der Waals surface area (Å²) >= 11 is 8.95. The Hall–Kier alpha value is -1.34. The molecule has 0 aliphatic rings. The van der Waals surface area contributed by atoms with E-state index >= 15 is 0 Å². The molecule has 0 aliphatic heterocycles. The van der Waals surface area contributed by atoms with Crippen LogP contribution in [0.25, 0.3) is 0 Å². The van der Waals surface area contributed by atoms with Crippen LogP contribution in [0.15, 0.2) is 34.8 Å². The van der Waals surface area contributed by atoms with Crippen molar-refractivity contribution >= 4 is 33.3 Å². The summed E-state index contributed by atoms with van der Waals surface area (Å²) in [5.74, 6) is -1.24. The maximum atomic E-state index is 12.6. The maximum Gasteiger partial charge on any atom is 0.451 e. The molecule has 3 nitrogen and oxygen atoms in total. The lowest BCUT2D eigenvalue weighted by Gasteiger charge is -2.16. The van der Waals surface area contributed by atoms with Crippen LogP contribution in [-0.2, 0) is 6.18 Å². The van der Waals surface area contributed by atoms with E-state index in [2.05, 4.69) is 31.2 Å². The molecule has 21 heavy (non-hydrogen) atoms. The van der Waals surface area contributed by atoms with Crippen molar-refractivity contribution in [3.8, 4) is 0 Å². The summed E-state index contributed by atoms with van der Waals surface area (Å²) in [6.45, 7) is 1.81. The zero-order chi connectivity index (χ0) is 15.6. The summed E-state index contributed by atoms with van der Waals surface area (Å²) in [4.78, 5) is 6.63. The highest BCUT2D eigenvalue weighted by atomic mass is 79.9. The van der Waals surface area contributed by atoms with Crippen LogP contribution < -0.4 is 5.32 Å². The molecule has 0 saturated heterocycles. The molecule has 112 valence electrons. The molecule has 1 aromatic heterocycles. The molecule has 1 aromatic carbocycles. The maximum absolute atomic E-state index is 12.6. The van der Waals surface area contributed by atoms with Gasteiger partial charge in [0.2, 0.25) is 5.82 Å². The van der Waals surface area contributed by atoms with Gasteiger partial charge in [-0.25, -0.2) is 9.97 Å². The van der Waals surface area contributed by atoms with Gasteiger partial charge in [0, 0.05) is 16.6 Å². The predicted octanol–water partition coefficient (Wildman–Crippen LogP) is 5.08. The molecule has 1 heterocycles. The molecule has 0 spiro atoms. The van der Waals surface area contributed by atoms with E-state index in [4.69, 9.17) is 11.6 Å². The van der Waals surface area contributed by atoms with Crippen LogP contribution in [0, 0.1) is 0 Å². The highest BCUT2D eigenvalue weighted by molar-refractivity contribution is 9.10. The van der Waals surface area contributed by atoms with Crippen molar-refractivity contribution in [1.29, 1.82) is 0 Å². The summed E-state index contributed by atoms with van der Waals surface area (Å²) in [6, 6.07) is 8.44. The number of halogens is 5. The van der Waals surface area contributed by atoms with Crippen LogP contribution in [0.5, 0.6) is 0 Å². The second kappa shape index (κ2) is 6.19. The van der Waals surface area contributed by atoms with Crippen molar-refractivity contribution in [2.75, 3.05) is 5.32 Å². The zero-order valence-corrected chi connectivity index (χ0v) is 13.1. The Balaban J connectivity index is 2.25. The number of alkyl halides is 3. The van der Waals surface area contributed by atoms with Gasteiger partial charge in [0.05, 0.1) is 0 Å². The molecule has 0 aliphatic carbocycles. The van der Waals surface area contributed by atoms with Crippen molar-refractivity contribution in [2.24, 2.45) is 0 Å². The molecule has 0 radical (unpaired) electrons. The zero-order valence-electron chi connectivity index (χ0n) is 10.7. The first kappa shape index (κ1) is 16.0. The van der Waals surface area contributed by atoms with E-state index < -0.39 is 12.0 Å². The molecular formula is C13H10BrClF3N3. The first-order valence-corrected chi connectivity index (χ1v) is 7.06. The number of nitrogens with one attached hydrogen (secondary N) is 1. The Kier molecular flexibility index (Phi) is 4.73. The van der Waals surface area contributed by atoms with Crippen LogP contribution in [-0.4, -0.2) is 9.97 Å². The van der Waals surface area contributed by atoms with Gasteiger partial charge in [-0.05, 0) is 24.6 Å². The van der Waals surface area contributed by atoms with Crippen LogP contribution in [0.3, 0.4) is 0 Å². The summed E-state index contributed by atoms with van der Waals surface area (Å²) in [7, 11) is 0. The van der Waals surface area contributed by atoms with E-state index in [1.807, 2.05) is 31.2 Å². The van der Waals surface area contributed by atoms with E-state index in [9.17, 15) is 13.2 Å². The average Bonchev–Trinajstić information content (AvgIpc) is 2.37. The Bertz CT molecular complexity index is 649. The molecule has 0 saturated carbocycles. The third kappa shape index (κ3) is 4.31. The molecule has 0 amide bonds. The first-order valence-electron chi connectivity index (χ1n) is 5.89. The van der Waals surface area contributed by atoms with Crippen LogP contribution >= 0.6 is 27.5 Å². The lowest BCUT2D eigenvalue weighted by Crippen LogP contribution is -2.14. The molecule has 0 fully saturated rings. The predicted molar refractivity (Wildman–Crippen MR) is 78.2 cm³/mol. The minimum Gasteiger partial charge on any atom is -0.363 e. The number of benzene rings is 1. The minimum absolute atomic E-state index is 0.0230. The second-order valence-corrected chi connectivity index (χ2v) is 5.62. The Morgan fingerprint density at radius 3 is 2.57 bits per heavy atom. The quantitative estimate of drug-likeness (QED) is 0.754. The Labute approximate surface area is 132 Å². The first-order chi connectivity index (χ1) is 9.75. The van der Waals surface area contributed by atoms with Crippen molar-refractivity contribution in [2.45, 2.75) is 19.1 Å². The number of rotatable bonds is 3. The highest BCUT2D eigenvalue weighted by Gasteiger charge is 2.35. The number of nitrogens with zero attached hydrogens (tertiary/aromatic N) is 2. The Morgan fingerprint density at radius 1 is 1.24 bits per heavy atom. The summed E-state index contributed by atoms with van der Waals surface area (Å²) in [6.07, 6.45) is -4.64. The lowest BCUT2D eigenvalue weighted by atomic mass is 10.1. The van der Waals surface area contributed by atoms with Gasteiger partial charge in [0.15, 0.2) is 0 Å². The van der Waals surface area contributed by atoms with Gasteiger partial charge in [0.1, 0.15) is 11.0 Å². The summed E-state index contributed by atoms with van der Waals surface area (Å²) < 4.78 is 38.8. The van der Waals surface area contributed by atoms with Crippen LogP contribution in [0.2, 0.25) is 5.15 Å². The molecule has 1 unspecified atom stereocenters. The highest BCUT2D eigenvalue weighted by Crippen LogP contribution is 2.29. The van der Waals surface area contributed by atoms with Gasteiger partial charge in [-0.2, -0.15) is 13.2 Å². The van der Waals surface area contributed by atoms with Crippen molar-refractivity contribution in [3.05, 3.63) is 51.3 Å². The molecule has 0 bridgehead atoms. The van der Waals surface area contributed by atoms with Gasteiger partial charge >= 0.3 is 6.18 Å². The molecule has 1 atom stereocenters. The third-order valence-electron chi connectivity index (χ3n) is 2.66. The normalized spacial score (nSPS) is 13.0. The fourth-order valence-electron chi connectivity index (χ4n) is 1.70. The van der Waals surface area contributed by atoms with E-state index in [-0.39, 0.29) is 17.0 Å². The number of anilines is 1. The lowest BCUT2D eigenvalue weighted by molar-refractivity contribution is -0.144. The Morgan fingerprint density at radius 2 is 1.95 bits per heavy atom. The van der Waals surface area contributed by atoms with Crippen molar-refractivity contribution in [3.63, 3.8) is 0 Å². The number of hydrogen-bond acceptors (Lipinski definition) is 3. The molecule has 1 N–H and O–H groups in total. The van der Waals surface area contributed by atoms with Crippen LogP contribution in [0.1, 0.15) is 24.4 Å². The summed E-state index contributed by atoms with van der Waals surface area (Å²) in [5, 5.41) is 2.62. The van der Waals surface area contributed by atoms with Crippen LogP contribution in [0.4, 0.5) is 19.0 Å². The largest absolute Gasteiger partial charge is 0.451 e. The van der Waals surface area contributed by atoms with Crippen molar-refractivity contribution in [1.82, 2.24) is 9.97 Å². The van der Waals surface area contributed by atoms with E-state index in [0.29, 0.717) is 0 Å². The molecule has 8 heteroatoms. The van der Waals surface area contributed by atoms with Gasteiger partial charge in [0.25, 0.3) is 0 Å². The van der Waals surface area contributed by atoms with E-state index in [0.717, 1.165) is 10.0 Å². The van der Waals surface area contributed by atoms with Gasteiger partial charge in [-0.3, -0.25) is 0 Å². The number of aromatic nitrogens is 2. The second-order valence-electron chi connectivity index (χ2n) is 4.32. The molecular weight excluding hydrogens is 371 g/mol. The molecule has 2 aromatic rings. The SMILES string of the molecule is CC(Nc1cc(Cl)nc(C(F)(F)F)n1)c1cccc(Br)c1. The van der Waals surface area contributed by atoms with E-state index in [1.54, 1.807) is 0 Å². The van der Waals surface area contributed by atoms with Crippen molar-refractivity contribution < 1.29 is 13.2 Å².